The summed E-state index contributed by atoms with van der Waals surface area (Å²) in [6.45, 7) is 4.33. The Hall–Kier alpha value is -2.51. The quantitative estimate of drug-likeness (QED) is 0.333. The van der Waals surface area contributed by atoms with E-state index in [-0.39, 0.29) is 24.5 Å². The Labute approximate surface area is 151 Å². The number of hydrogen-bond donors (Lipinski definition) is 1. The number of nitrogens with one attached hydrogen (secondary N) is 1. The zero-order valence-electron chi connectivity index (χ0n) is 14.4. The minimum atomic E-state index is -1.21. The van der Waals surface area contributed by atoms with Crippen LogP contribution in [0.2, 0.25) is 0 Å². The summed E-state index contributed by atoms with van der Waals surface area (Å²) in [4.78, 5) is 51.0. The third kappa shape index (κ3) is 5.50. The highest BCUT2D eigenvalue weighted by Gasteiger charge is 2.33. The molecule has 1 fully saturated rings. The second-order valence-corrected chi connectivity index (χ2v) is 6.80. The van der Waals surface area contributed by atoms with Gasteiger partial charge >= 0.3 is 6.16 Å². The number of hydrogen-bond acceptors (Lipinski definition) is 7. The van der Waals surface area contributed by atoms with Crippen LogP contribution in [0.4, 0.5) is 4.79 Å². The van der Waals surface area contributed by atoms with E-state index in [2.05, 4.69) is 9.92 Å². The van der Waals surface area contributed by atoms with Crippen LogP contribution in [0.5, 0.6) is 5.75 Å². The first kappa shape index (κ1) is 19.8. The van der Waals surface area contributed by atoms with Crippen LogP contribution in [0.1, 0.15) is 36.5 Å². The lowest BCUT2D eigenvalue weighted by atomic mass is 10.2. The third-order valence-corrected chi connectivity index (χ3v) is 4.33. The maximum absolute atomic E-state index is 12.1. The Kier molecular flexibility index (Phi) is 7.06. The van der Waals surface area contributed by atoms with Crippen LogP contribution in [0.3, 0.4) is 0 Å². The molecule has 0 bridgehead atoms. The fraction of sp³-hybridized carbons (Fsp3) is 0.375. The number of imide groups is 1. The molecule has 0 radical (unpaired) electrons. The van der Waals surface area contributed by atoms with Crippen molar-refractivity contribution in [1.82, 2.24) is 10.2 Å². The van der Waals surface area contributed by atoms with E-state index in [4.69, 9.17) is 9.26 Å². The highest BCUT2D eigenvalue weighted by atomic mass is 31.2. The number of rotatable bonds is 7. The molecule has 1 aliphatic heterocycles. The van der Waals surface area contributed by atoms with E-state index in [0.29, 0.717) is 17.2 Å². The zero-order chi connectivity index (χ0) is 19.1. The molecule has 1 saturated heterocycles. The van der Waals surface area contributed by atoms with Gasteiger partial charge in [0.2, 0.25) is 0 Å². The van der Waals surface area contributed by atoms with Gasteiger partial charge in [0.25, 0.3) is 17.7 Å². The highest BCUT2D eigenvalue weighted by molar-refractivity contribution is 7.50. The van der Waals surface area contributed by atoms with Gasteiger partial charge in [0, 0.05) is 18.4 Å². The van der Waals surface area contributed by atoms with Crippen LogP contribution in [0.15, 0.2) is 24.3 Å². The average Bonchev–Trinajstić information content (AvgIpc) is 2.92. The second-order valence-electron chi connectivity index (χ2n) is 5.32. The number of carbonyl (C=O) groups excluding carboxylic acids is 4. The van der Waals surface area contributed by atoms with Crippen molar-refractivity contribution in [2.24, 2.45) is 0 Å². The van der Waals surface area contributed by atoms with E-state index in [0.717, 1.165) is 6.42 Å². The van der Waals surface area contributed by atoms with Crippen molar-refractivity contribution >= 4 is 32.2 Å². The summed E-state index contributed by atoms with van der Waals surface area (Å²) in [5.74, 6) is -1.40. The summed E-state index contributed by atoms with van der Waals surface area (Å²) >= 11 is 0. The molecular formula is C16H19N2O7P. The van der Waals surface area contributed by atoms with Gasteiger partial charge in [0.05, 0.1) is 6.61 Å². The largest absolute Gasteiger partial charge is 0.539 e. The Morgan fingerprint density at radius 3 is 2.35 bits per heavy atom. The summed E-state index contributed by atoms with van der Waals surface area (Å²) in [5, 5.41) is 3.13. The minimum Gasteiger partial charge on any atom is -0.393 e. The fourth-order valence-electron chi connectivity index (χ4n) is 1.99. The van der Waals surface area contributed by atoms with Crippen LogP contribution >= 0.6 is 8.30 Å². The molecule has 3 amide bonds. The molecule has 9 nitrogen and oxygen atoms in total. The van der Waals surface area contributed by atoms with Gasteiger partial charge in [-0.3, -0.25) is 19.2 Å². The van der Waals surface area contributed by atoms with Gasteiger partial charge in [-0.25, -0.2) is 4.79 Å². The van der Waals surface area contributed by atoms with E-state index in [9.17, 15) is 19.2 Å². The molecule has 0 saturated carbocycles. The van der Waals surface area contributed by atoms with E-state index < -0.39 is 26.3 Å². The summed E-state index contributed by atoms with van der Waals surface area (Å²) in [6, 6.07) is 5.73. The average molecular weight is 382 g/mol. The maximum atomic E-state index is 12.1. The molecule has 2 rings (SSSR count). The number of nitrogens with zero attached hydrogens (tertiary/aromatic N) is 1. The molecule has 1 aromatic rings. The normalized spacial score (nSPS) is 14.9. The minimum absolute atomic E-state index is 0.00212. The van der Waals surface area contributed by atoms with Crippen LogP contribution < -0.4 is 9.82 Å². The Morgan fingerprint density at radius 1 is 1.15 bits per heavy atom. The van der Waals surface area contributed by atoms with Crippen molar-refractivity contribution in [3.05, 3.63) is 29.8 Å². The maximum Gasteiger partial charge on any atom is 0.539 e. The van der Waals surface area contributed by atoms with Crippen molar-refractivity contribution in [3.63, 3.8) is 0 Å². The van der Waals surface area contributed by atoms with Crippen molar-refractivity contribution in [2.75, 3.05) is 13.3 Å². The summed E-state index contributed by atoms with van der Waals surface area (Å²) in [5.41, 5.74) is 0.366. The summed E-state index contributed by atoms with van der Waals surface area (Å²) < 4.78 is 10.3. The monoisotopic (exact) mass is 382 g/mol. The molecule has 10 heteroatoms. The second kappa shape index (κ2) is 9.26. The fourth-order valence-corrected chi connectivity index (χ4v) is 2.93. The number of hydroxylamine groups is 2. The first-order valence-corrected chi connectivity index (χ1v) is 9.64. The van der Waals surface area contributed by atoms with Crippen LogP contribution in [-0.4, -0.2) is 42.2 Å². The predicted molar refractivity (Wildman–Crippen MR) is 91.2 cm³/mol. The van der Waals surface area contributed by atoms with E-state index in [1.54, 1.807) is 6.66 Å². The molecule has 1 heterocycles. The van der Waals surface area contributed by atoms with Crippen LogP contribution in [0, 0.1) is 0 Å². The van der Waals surface area contributed by atoms with Crippen LogP contribution in [-0.2, 0) is 19.0 Å². The first-order valence-electron chi connectivity index (χ1n) is 7.94. The molecule has 140 valence electrons. The molecule has 1 aromatic carbocycles. The van der Waals surface area contributed by atoms with Gasteiger partial charge < -0.3 is 14.3 Å². The van der Waals surface area contributed by atoms with Crippen molar-refractivity contribution in [3.8, 4) is 5.75 Å². The number of benzene rings is 1. The van der Waals surface area contributed by atoms with E-state index in [1.165, 1.54) is 24.3 Å². The topological polar surface area (TPSA) is 111 Å². The molecule has 1 N–H and O–H groups in total. The first-order chi connectivity index (χ1) is 12.4. The molecule has 26 heavy (non-hydrogen) atoms. The van der Waals surface area contributed by atoms with E-state index >= 15 is 0 Å². The lowest BCUT2D eigenvalue weighted by Crippen LogP contribution is -2.33. The molecule has 1 aliphatic rings. The SMILES string of the molecule is CCCOP(C)NC(=O)c1ccc(OC(=O)ON2C(=O)CCC2=O)cc1. The number of amides is 3. The van der Waals surface area contributed by atoms with Crippen molar-refractivity contribution in [2.45, 2.75) is 26.2 Å². The zero-order valence-corrected chi connectivity index (χ0v) is 15.3. The van der Waals surface area contributed by atoms with E-state index in [1.807, 2.05) is 6.92 Å². The smallest absolute Gasteiger partial charge is 0.393 e. The van der Waals surface area contributed by atoms with Gasteiger partial charge in [-0.05, 0) is 37.4 Å². The Balaban J connectivity index is 1.86. The van der Waals surface area contributed by atoms with Crippen LogP contribution in [0.25, 0.3) is 0 Å². The molecule has 0 aromatic heterocycles. The predicted octanol–water partition coefficient (Wildman–Crippen LogP) is 2.36. The Morgan fingerprint density at radius 2 is 1.77 bits per heavy atom. The van der Waals surface area contributed by atoms with Crippen molar-refractivity contribution < 1.29 is 33.3 Å². The lowest BCUT2D eigenvalue weighted by Gasteiger charge is -2.14. The summed E-state index contributed by atoms with van der Waals surface area (Å²) in [7, 11) is -1.06. The lowest BCUT2D eigenvalue weighted by molar-refractivity contribution is -0.174. The van der Waals surface area contributed by atoms with Gasteiger partial charge in [0.15, 0.2) is 0 Å². The Bertz CT molecular complexity index is 676. The number of ether oxygens (including phenoxy) is 1. The number of carbonyl (C=O) groups is 4. The third-order valence-electron chi connectivity index (χ3n) is 3.24. The molecular weight excluding hydrogens is 363 g/mol. The molecule has 1 atom stereocenters. The van der Waals surface area contributed by atoms with Crippen molar-refractivity contribution in [1.29, 1.82) is 0 Å². The molecule has 0 spiro atoms. The van der Waals surface area contributed by atoms with Gasteiger partial charge in [-0.1, -0.05) is 12.0 Å². The van der Waals surface area contributed by atoms with Gasteiger partial charge in [-0.15, -0.1) is 0 Å². The highest BCUT2D eigenvalue weighted by Crippen LogP contribution is 2.27. The summed E-state index contributed by atoms with van der Waals surface area (Å²) in [6.07, 6.45) is -0.356. The van der Waals surface area contributed by atoms with Gasteiger partial charge in [0.1, 0.15) is 14.0 Å². The molecule has 1 unspecified atom stereocenters. The molecule has 0 aliphatic carbocycles. The van der Waals surface area contributed by atoms with Gasteiger partial charge in [-0.2, -0.15) is 0 Å². The standard InChI is InChI=1S/C16H19N2O7P/c1-3-10-23-26(2)17-15(21)11-4-6-12(7-5-11)24-16(22)25-18-13(19)8-9-14(18)20/h4-7H,3,8-10H2,1-2H3,(H,17,21).